The number of hydrogen-bond acceptors (Lipinski definition) is 6. The van der Waals surface area contributed by atoms with Gasteiger partial charge >= 0.3 is 0 Å². The molecule has 136 valence electrons. The van der Waals surface area contributed by atoms with Crippen LogP contribution in [-0.4, -0.2) is 65.5 Å². The third-order valence-corrected chi connectivity index (χ3v) is 4.25. The second-order valence-electron chi connectivity index (χ2n) is 6.43. The van der Waals surface area contributed by atoms with Crippen LogP contribution >= 0.6 is 0 Å². The van der Waals surface area contributed by atoms with Crippen LogP contribution in [0, 0.1) is 12.7 Å². The van der Waals surface area contributed by atoms with E-state index < -0.39 is 6.10 Å². The average Bonchev–Trinajstić information content (AvgIpc) is 3.01. The van der Waals surface area contributed by atoms with Gasteiger partial charge in [-0.2, -0.15) is 0 Å². The van der Waals surface area contributed by atoms with Gasteiger partial charge in [0.15, 0.2) is 5.76 Å². The molecule has 1 aromatic heterocycles. The molecular weight excluding hydrogens is 325 g/mol. The second-order valence-corrected chi connectivity index (χ2v) is 6.43. The molecule has 25 heavy (non-hydrogen) atoms. The molecule has 0 amide bonds. The molecule has 0 bridgehead atoms. The van der Waals surface area contributed by atoms with Gasteiger partial charge in [0.25, 0.3) is 0 Å². The summed E-state index contributed by atoms with van der Waals surface area (Å²) in [5, 5.41) is 14.1. The minimum Gasteiger partial charge on any atom is -0.491 e. The van der Waals surface area contributed by atoms with Crippen molar-refractivity contribution in [2.45, 2.75) is 19.6 Å². The van der Waals surface area contributed by atoms with Gasteiger partial charge in [0, 0.05) is 38.8 Å². The van der Waals surface area contributed by atoms with Gasteiger partial charge in [0.05, 0.1) is 12.2 Å². The number of rotatable bonds is 7. The summed E-state index contributed by atoms with van der Waals surface area (Å²) in [6.45, 7) is 7.07. The van der Waals surface area contributed by atoms with Gasteiger partial charge < -0.3 is 14.4 Å². The fourth-order valence-electron chi connectivity index (χ4n) is 2.92. The van der Waals surface area contributed by atoms with Gasteiger partial charge in [-0.3, -0.25) is 9.80 Å². The Labute approximate surface area is 146 Å². The van der Waals surface area contributed by atoms with Crippen LogP contribution in [0.15, 0.2) is 34.9 Å². The number of halogens is 1. The molecule has 7 heteroatoms. The maximum absolute atomic E-state index is 12.8. The van der Waals surface area contributed by atoms with E-state index in [0.717, 1.165) is 44.2 Å². The highest BCUT2D eigenvalue weighted by molar-refractivity contribution is 5.22. The Morgan fingerprint density at radius 2 is 1.88 bits per heavy atom. The van der Waals surface area contributed by atoms with Crippen molar-refractivity contribution in [3.05, 3.63) is 47.6 Å². The van der Waals surface area contributed by atoms with E-state index in [0.29, 0.717) is 12.3 Å². The van der Waals surface area contributed by atoms with Gasteiger partial charge in [0.1, 0.15) is 24.3 Å². The van der Waals surface area contributed by atoms with Crippen LogP contribution in [0.2, 0.25) is 0 Å². The molecule has 1 saturated heterocycles. The molecule has 6 nitrogen and oxygen atoms in total. The number of aliphatic hydroxyl groups excluding tert-OH is 1. The van der Waals surface area contributed by atoms with Crippen LogP contribution in [-0.2, 0) is 6.54 Å². The third-order valence-electron chi connectivity index (χ3n) is 4.25. The molecule has 0 radical (unpaired) electrons. The number of aromatic nitrogens is 1. The van der Waals surface area contributed by atoms with E-state index in [2.05, 4.69) is 15.0 Å². The normalized spacial score (nSPS) is 17.6. The van der Waals surface area contributed by atoms with Crippen LogP contribution in [0.4, 0.5) is 4.39 Å². The minimum atomic E-state index is -0.575. The topological polar surface area (TPSA) is 62.0 Å². The smallest absolute Gasteiger partial charge is 0.150 e. The lowest BCUT2D eigenvalue weighted by Gasteiger charge is -2.35. The standard InChI is InChI=1S/C18H24FN3O3/c1-14-10-18(25-20-14)12-22-8-6-21(7-9-22)11-16(23)13-24-17-4-2-15(19)3-5-17/h2-5,10,16,23H,6-9,11-13H2,1H3/t16-/m1/s1. The molecule has 0 unspecified atom stereocenters. The summed E-state index contributed by atoms with van der Waals surface area (Å²) in [4.78, 5) is 4.54. The summed E-state index contributed by atoms with van der Waals surface area (Å²) >= 11 is 0. The first-order chi connectivity index (χ1) is 12.1. The summed E-state index contributed by atoms with van der Waals surface area (Å²) in [5.41, 5.74) is 0.901. The Kier molecular flexibility index (Phi) is 6.01. The average molecular weight is 349 g/mol. The maximum Gasteiger partial charge on any atom is 0.150 e. The van der Waals surface area contributed by atoms with Crippen LogP contribution in [0.1, 0.15) is 11.5 Å². The van der Waals surface area contributed by atoms with Crippen molar-refractivity contribution in [2.24, 2.45) is 0 Å². The number of aryl methyl sites for hydroxylation is 1. The Morgan fingerprint density at radius 1 is 1.20 bits per heavy atom. The lowest BCUT2D eigenvalue weighted by molar-refractivity contribution is 0.0430. The van der Waals surface area contributed by atoms with Crippen molar-refractivity contribution in [1.82, 2.24) is 15.0 Å². The van der Waals surface area contributed by atoms with Gasteiger partial charge in [-0.25, -0.2) is 4.39 Å². The van der Waals surface area contributed by atoms with Gasteiger partial charge in [0.2, 0.25) is 0 Å². The zero-order valence-electron chi connectivity index (χ0n) is 14.4. The van der Waals surface area contributed by atoms with Crippen molar-refractivity contribution in [1.29, 1.82) is 0 Å². The predicted octanol–water partition coefficient (Wildman–Crippen LogP) is 1.68. The number of hydrogen-bond donors (Lipinski definition) is 1. The third kappa shape index (κ3) is 5.52. The Hall–Kier alpha value is -1.96. The van der Waals surface area contributed by atoms with E-state index in [9.17, 15) is 9.50 Å². The molecule has 1 atom stereocenters. The summed E-state index contributed by atoms with van der Waals surface area (Å²) in [6.07, 6.45) is -0.575. The lowest BCUT2D eigenvalue weighted by atomic mass is 10.2. The summed E-state index contributed by atoms with van der Waals surface area (Å²) < 4.78 is 23.6. The zero-order chi connectivity index (χ0) is 17.6. The number of aliphatic hydroxyl groups is 1. The van der Waals surface area contributed by atoms with E-state index in [4.69, 9.17) is 9.26 Å². The number of ether oxygens (including phenoxy) is 1. The molecule has 1 N–H and O–H groups in total. The number of benzene rings is 1. The van der Waals surface area contributed by atoms with E-state index in [-0.39, 0.29) is 12.4 Å². The molecule has 1 fully saturated rings. The van der Waals surface area contributed by atoms with Crippen LogP contribution in [0.5, 0.6) is 5.75 Å². The van der Waals surface area contributed by atoms with Crippen molar-refractivity contribution >= 4 is 0 Å². The number of nitrogens with zero attached hydrogens (tertiary/aromatic N) is 3. The summed E-state index contributed by atoms with van der Waals surface area (Å²) in [7, 11) is 0. The largest absolute Gasteiger partial charge is 0.491 e. The van der Waals surface area contributed by atoms with E-state index >= 15 is 0 Å². The number of piperazine rings is 1. The van der Waals surface area contributed by atoms with Crippen LogP contribution in [0.25, 0.3) is 0 Å². The first-order valence-electron chi connectivity index (χ1n) is 8.52. The van der Waals surface area contributed by atoms with Crippen molar-refractivity contribution in [3.63, 3.8) is 0 Å². The molecule has 1 aliphatic heterocycles. The number of β-amino-alcohol motifs (C(OH)–C–C–N with tert-alkyl or cyclic N) is 1. The maximum atomic E-state index is 12.8. The van der Waals surface area contributed by atoms with Crippen molar-refractivity contribution < 1.29 is 18.8 Å². The molecule has 3 rings (SSSR count). The predicted molar refractivity (Wildman–Crippen MR) is 90.9 cm³/mol. The summed E-state index contributed by atoms with van der Waals surface area (Å²) in [6, 6.07) is 7.77. The highest BCUT2D eigenvalue weighted by atomic mass is 19.1. The Morgan fingerprint density at radius 3 is 2.52 bits per heavy atom. The van der Waals surface area contributed by atoms with E-state index in [1.54, 1.807) is 12.1 Å². The quantitative estimate of drug-likeness (QED) is 0.821. The SMILES string of the molecule is Cc1cc(CN2CCN(C[C@@H](O)COc3ccc(F)cc3)CC2)on1. The molecular formula is C18H24FN3O3. The van der Waals surface area contributed by atoms with E-state index in [1.807, 2.05) is 13.0 Å². The fraction of sp³-hybridized carbons (Fsp3) is 0.500. The first kappa shape index (κ1) is 17.8. The molecule has 2 heterocycles. The van der Waals surface area contributed by atoms with Crippen molar-refractivity contribution in [3.8, 4) is 5.75 Å². The van der Waals surface area contributed by atoms with Gasteiger partial charge in [-0.1, -0.05) is 5.16 Å². The first-order valence-corrected chi connectivity index (χ1v) is 8.52. The lowest BCUT2D eigenvalue weighted by Crippen LogP contribution is -2.48. The van der Waals surface area contributed by atoms with Crippen molar-refractivity contribution in [2.75, 3.05) is 39.3 Å². The Balaban J connectivity index is 1.35. The monoisotopic (exact) mass is 349 g/mol. The van der Waals surface area contributed by atoms with Crippen LogP contribution < -0.4 is 4.74 Å². The molecule has 2 aromatic rings. The molecule has 1 aromatic carbocycles. The van der Waals surface area contributed by atoms with Gasteiger partial charge in [-0.05, 0) is 31.2 Å². The van der Waals surface area contributed by atoms with E-state index in [1.165, 1.54) is 12.1 Å². The highest BCUT2D eigenvalue weighted by Crippen LogP contribution is 2.12. The van der Waals surface area contributed by atoms with Crippen LogP contribution in [0.3, 0.4) is 0 Å². The highest BCUT2D eigenvalue weighted by Gasteiger charge is 2.20. The molecule has 0 saturated carbocycles. The molecule has 1 aliphatic rings. The molecule has 0 aliphatic carbocycles. The molecule has 0 spiro atoms. The minimum absolute atomic E-state index is 0.198. The van der Waals surface area contributed by atoms with Gasteiger partial charge in [-0.15, -0.1) is 0 Å². The Bertz CT molecular complexity index is 654. The summed E-state index contributed by atoms with van der Waals surface area (Å²) in [5.74, 6) is 1.15. The second kappa shape index (κ2) is 8.42. The zero-order valence-corrected chi connectivity index (χ0v) is 14.4. The fourth-order valence-corrected chi connectivity index (χ4v) is 2.92.